The number of aromatic nitrogens is 3. The summed E-state index contributed by atoms with van der Waals surface area (Å²) >= 11 is 5.06. The van der Waals surface area contributed by atoms with Crippen LogP contribution < -0.4 is 14.7 Å². The summed E-state index contributed by atoms with van der Waals surface area (Å²) in [4.78, 5) is 22.8. The molecule has 372 valence electrons. The van der Waals surface area contributed by atoms with E-state index >= 15 is 0 Å². The molecule has 0 saturated heterocycles. The number of benzene rings is 10. The first kappa shape index (κ1) is 48.2. The summed E-state index contributed by atoms with van der Waals surface area (Å²) in [6.45, 7) is 0. The topological polar surface area (TPSA) is 48.4 Å². The molecule has 0 aliphatic carbocycles. The molecule has 10 aromatic carbocycles. The maximum atomic E-state index is 5.33. The summed E-state index contributed by atoms with van der Waals surface area (Å²) in [7, 11) is 0. The van der Waals surface area contributed by atoms with E-state index in [9.17, 15) is 0 Å². The van der Waals surface area contributed by atoms with Crippen molar-refractivity contribution in [3.63, 3.8) is 0 Å². The SMILES string of the molecule is C(=C\c1nc2c3nc(/C=C/c4ccc(N(c5ccccc5)c5ccccc5)cc4)sc3c3sc(/C=C/c4ccc(N(c5ccccc5)c5ccccc5)cc4)nc3c2s1)/c1ccc(N(c2ccccc2)c2ccccc2)cc1. The Morgan fingerprint density at radius 2 is 0.436 bits per heavy atom. The summed E-state index contributed by atoms with van der Waals surface area (Å²) in [5.74, 6) is 0. The van der Waals surface area contributed by atoms with Crippen LogP contribution in [0.5, 0.6) is 0 Å². The molecule has 6 nitrogen and oxygen atoms in total. The van der Waals surface area contributed by atoms with E-state index in [4.69, 9.17) is 15.0 Å². The molecule has 0 saturated carbocycles. The van der Waals surface area contributed by atoms with Crippen molar-refractivity contribution in [2.24, 2.45) is 0 Å². The Morgan fingerprint density at radius 1 is 0.218 bits per heavy atom. The van der Waals surface area contributed by atoms with Crippen LogP contribution in [0.25, 0.3) is 67.1 Å². The van der Waals surface area contributed by atoms with Gasteiger partial charge in [-0.15, -0.1) is 34.0 Å². The molecule has 0 bridgehead atoms. The lowest BCUT2D eigenvalue weighted by Crippen LogP contribution is -2.09. The third-order valence-electron chi connectivity index (χ3n) is 13.4. The average Bonchev–Trinajstić information content (AvgIpc) is 4.44. The number of hydrogen-bond acceptors (Lipinski definition) is 9. The van der Waals surface area contributed by atoms with Crippen LogP contribution in [0.3, 0.4) is 0 Å². The zero-order chi connectivity index (χ0) is 52.0. The molecular weight excluding hydrogens is 1010 g/mol. The Kier molecular flexibility index (Phi) is 13.6. The first-order valence-electron chi connectivity index (χ1n) is 25.7. The lowest BCUT2D eigenvalue weighted by Gasteiger charge is -2.25. The molecule has 0 unspecified atom stereocenters. The summed E-state index contributed by atoms with van der Waals surface area (Å²) in [6.07, 6.45) is 12.8. The van der Waals surface area contributed by atoms with Crippen LogP contribution in [-0.2, 0) is 0 Å². The smallest absolute Gasteiger partial charge is 0.117 e. The second-order valence-corrected chi connectivity index (χ2v) is 21.6. The molecular formula is C69H48N6S3. The monoisotopic (exact) mass is 1060 g/mol. The van der Waals surface area contributed by atoms with E-state index in [0.717, 1.165) is 114 Å². The summed E-state index contributed by atoms with van der Waals surface area (Å²) in [6, 6.07) is 89.0. The highest BCUT2D eigenvalue weighted by Crippen LogP contribution is 2.44. The van der Waals surface area contributed by atoms with Crippen molar-refractivity contribution in [2.75, 3.05) is 14.7 Å². The van der Waals surface area contributed by atoms with E-state index in [1.165, 1.54) is 0 Å². The highest BCUT2D eigenvalue weighted by Gasteiger charge is 2.21. The van der Waals surface area contributed by atoms with Crippen molar-refractivity contribution in [2.45, 2.75) is 0 Å². The van der Waals surface area contributed by atoms with E-state index in [0.29, 0.717) is 0 Å². The van der Waals surface area contributed by atoms with Crippen LogP contribution >= 0.6 is 34.0 Å². The zero-order valence-corrected chi connectivity index (χ0v) is 44.6. The third-order valence-corrected chi connectivity index (χ3v) is 16.6. The van der Waals surface area contributed by atoms with Gasteiger partial charge in [-0.1, -0.05) is 164 Å². The standard InChI is InChI=1S/C69H48N6S3/c1-7-19-52(20-8-1)73(53-21-9-2-10-22-53)58-40-31-49(32-41-58)37-46-61-70-64-65-68(77-62(71-65)47-38-50-33-42-59(43-34-50)74(54-23-11-3-12-24-54)55-25-13-4-14-26-55)69-66(67(64)76-61)72-63(78-69)48-39-51-35-44-60(45-36-51)75(56-27-15-5-16-28-56)57-29-17-6-18-30-57/h1-48H/b46-37+,47-38+,48-39+. The number of para-hydroxylation sites is 6. The minimum Gasteiger partial charge on any atom is -0.311 e. The maximum Gasteiger partial charge on any atom is 0.117 e. The number of nitrogens with zero attached hydrogens (tertiary/aromatic N) is 6. The fourth-order valence-electron chi connectivity index (χ4n) is 9.68. The second kappa shape index (κ2) is 22.0. The van der Waals surface area contributed by atoms with Gasteiger partial charge in [-0.2, -0.15) is 0 Å². The van der Waals surface area contributed by atoms with Crippen molar-refractivity contribution < 1.29 is 0 Å². The van der Waals surface area contributed by atoms with Crippen molar-refractivity contribution in [3.8, 4) is 0 Å². The molecule has 0 amide bonds. The molecule has 13 rings (SSSR count). The van der Waals surface area contributed by atoms with Crippen LogP contribution in [0.4, 0.5) is 51.2 Å². The van der Waals surface area contributed by atoms with Gasteiger partial charge in [-0.25, -0.2) is 15.0 Å². The van der Waals surface area contributed by atoms with Crippen LogP contribution in [-0.4, -0.2) is 15.0 Å². The van der Waals surface area contributed by atoms with Crippen LogP contribution in [0.15, 0.2) is 255 Å². The highest BCUT2D eigenvalue weighted by molar-refractivity contribution is 7.29. The van der Waals surface area contributed by atoms with Crippen molar-refractivity contribution in [3.05, 3.63) is 287 Å². The van der Waals surface area contributed by atoms with Crippen LogP contribution in [0.2, 0.25) is 0 Å². The quantitative estimate of drug-likeness (QED) is 0.102. The Morgan fingerprint density at radius 3 is 0.718 bits per heavy atom. The molecule has 78 heavy (non-hydrogen) atoms. The molecule has 0 spiro atoms. The Bertz CT molecular complexity index is 3560. The van der Waals surface area contributed by atoms with Crippen LogP contribution in [0, 0.1) is 0 Å². The molecule has 0 radical (unpaired) electrons. The number of fused-ring (bicyclic) bond motifs is 6. The summed E-state index contributed by atoms with van der Waals surface area (Å²) in [5.41, 5.74) is 15.9. The van der Waals surface area contributed by atoms with Gasteiger partial charge in [-0.05, 0) is 144 Å². The lowest BCUT2D eigenvalue weighted by molar-refractivity contribution is 1.28. The Hall–Kier alpha value is -9.51. The minimum absolute atomic E-state index is 0.874. The van der Waals surface area contributed by atoms with Gasteiger partial charge < -0.3 is 14.7 Å². The minimum atomic E-state index is 0.874. The van der Waals surface area contributed by atoms with Gasteiger partial charge in [0.15, 0.2) is 0 Å². The van der Waals surface area contributed by atoms with Gasteiger partial charge in [0.05, 0.1) is 14.1 Å². The van der Waals surface area contributed by atoms with Gasteiger partial charge in [0.25, 0.3) is 0 Å². The molecule has 0 N–H and O–H groups in total. The number of anilines is 9. The Balaban J connectivity index is 0.828. The van der Waals surface area contributed by atoms with E-state index in [2.05, 4.69) is 306 Å². The van der Waals surface area contributed by atoms with E-state index in [1.807, 2.05) is 0 Å². The first-order chi connectivity index (χ1) is 38.6. The fourth-order valence-corrected chi connectivity index (χ4v) is 12.8. The van der Waals surface area contributed by atoms with Gasteiger partial charge in [0.1, 0.15) is 31.6 Å². The molecule has 3 heterocycles. The van der Waals surface area contributed by atoms with E-state index in [1.54, 1.807) is 34.0 Å². The van der Waals surface area contributed by atoms with Crippen molar-refractivity contribution >= 4 is 152 Å². The zero-order valence-electron chi connectivity index (χ0n) is 42.1. The molecule has 13 aromatic rings. The van der Waals surface area contributed by atoms with Gasteiger partial charge in [0.2, 0.25) is 0 Å². The molecule has 0 atom stereocenters. The Labute approximate surface area is 465 Å². The predicted octanol–water partition coefficient (Wildman–Crippen LogP) is 20.4. The number of thiazole rings is 3. The average molecular weight is 1060 g/mol. The van der Waals surface area contributed by atoms with Crippen molar-refractivity contribution in [1.82, 2.24) is 15.0 Å². The highest BCUT2D eigenvalue weighted by atomic mass is 32.1. The van der Waals surface area contributed by atoms with Gasteiger partial charge >= 0.3 is 0 Å². The maximum absolute atomic E-state index is 5.33. The lowest BCUT2D eigenvalue weighted by atomic mass is 10.1. The molecule has 0 aliphatic heterocycles. The number of rotatable bonds is 15. The van der Waals surface area contributed by atoms with Gasteiger partial charge in [0, 0.05) is 51.2 Å². The molecule has 0 fully saturated rings. The van der Waals surface area contributed by atoms with Crippen molar-refractivity contribution in [1.29, 1.82) is 0 Å². The second-order valence-electron chi connectivity index (χ2n) is 18.5. The summed E-state index contributed by atoms with van der Waals surface area (Å²) in [5, 5.41) is 2.73. The predicted molar refractivity (Wildman–Crippen MR) is 336 cm³/mol. The van der Waals surface area contributed by atoms with E-state index in [-0.39, 0.29) is 0 Å². The van der Waals surface area contributed by atoms with Gasteiger partial charge in [-0.3, -0.25) is 0 Å². The molecule has 9 heteroatoms. The number of hydrogen-bond donors (Lipinski definition) is 0. The normalized spacial score (nSPS) is 11.7. The van der Waals surface area contributed by atoms with Crippen LogP contribution in [0.1, 0.15) is 31.7 Å². The largest absolute Gasteiger partial charge is 0.311 e. The van der Waals surface area contributed by atoms with E-state index < -0.39 is 0 Å². The third kappa shape index (κ3) is 10.2. The molecule has 0 aliphatic rings. The molecule has 3 aromatic heterocycles. The first-order valence-corrected chi connectivity index (χ1v) is 28.2. The fraction of sp³-hybridized carbons (Fsp3) is 0. The summed E-state index contributed by atoms with van der Waals surface area (Å²) < 4.78 is 3.25.